The zero-order valence-electron chi connectivity index (χ0n) is 10.5. The van der Waals surface area contributed by atoms with Crippen molar-refractivity contribution in [2.45, 2.75) is 38.5 Å². The molecular weight excluding hydrogens is 259 g/mol. The molecule has 0 amide bonds. The number of aliphatic carboxylic acids is 1. The molecule has 6 heteroatoms. The number of carboxylic acid groups (broad SMARTS) is 1. The van der Waals surface area contributed by atoms with Gasteiger partial charge in [0.1, 0.15) is 6.04 Å². The Hall–Kier alpha value is -1.72. The maximum atomic E-state index is 12.6. The first-order valence-electron chi connectivity index (χ1n) is 5.93. The standard InChI is InChI=1S/C13H14F3NO2/c1-7(2)17-10-4-3-9(13(14,15)16)5-8(10)6-11(17)12(18)19/h3-5,7,11H,6H2,1-2H3,(H,18,19). The van der Waals surface area contributed by atoms with Crippen LogP contribution < -0.4 is 4.90 Å². The van der Waals surface area contributed by atoms with Gasteiger partial charge in [-0.15, -0.1) is 0 Å². The fraction of sp³-hybridized carbons (Fsp3) is 0.462. The van der Waals surface area contributed by atoms with E-state index in [4.69, 9.17) is 5.11 Å². The lowest BCUT2D eigenvalue weighted by Crippen LogP contribution is -2.42. The van der Waals surface area contributed by atoms with Crippen molar-refractivity contribution in [3.63, 3.8) is 0 Å². The van der Waals surface area contributed by atoms with E-state index in [1.165, 1.54) is 6.07 Å². The number of rotatable bonds is 2. The van der Waals surface area contributed by atoms with Crippen molar-refractivity contribution in [1.82, 2.24) is 0 Å². The minimum atomic E-state index is -4.40. The lowest BCUT2D eigenvalue weighted by molar-refractivity contribution is -0.138. The number of nitrogens with zero attached hydrogens (tertiary/aromatic N) is 1. The summed E-state index contributed by atoms with van der Waals surface area (Å²) in [6, 6.07) is 2.53. The van der Waals surface area contributed by atoms with Crippen molar-refractivity contribution >= 4 is 11.7 Å². The molecule has 1 aliphatic rings. The van der Waals surface area contributed by atoms with Crippen molar-refractivity contribution in [1.29, 1.82) is 0 Å². The Bertz CT molecular complexity index is 511. The van der Waals surface area contributed by atoms with Gasteiger partial charge in [-0.1, -0.05) is 0 Å². The number of alkyl halides is 3. The Morgan fingerprint density at radius 2 is 2.05 bits per heavy atom. The van der Waals surface area contributed by atoms with E-state index >= 15 is 0 Å². The minimum Gasteiger partial charge on any atom is -0.480 e. The van der Waals surface area contributed by atoms with Gasteiger partial charge in [0.05, 0.1) is 5.56 Å². The highest BCUT2D eigenvalue weighted by Gasteiger charge is 2.38. The number of halogens is 3. The predicted molar refractivity (Wildman–Crippen MR) is 64.2 cm³/mol. The Balaban J connectivity index is 2.45. The second-order valence-corrected chi connectivity index (χ2v) is 4.90. The number of carboxylic acids is 1. The van der Waals surface area contributed by atoms with Crippen molar-refractivity contribution in [3.05, 3.63) is 29.3 Å². The van der Waals surface area contributed by atoms with Crippen molar-refractivity contribution in [3.8, 4) is 0 Å². The first-order chi connectivity index (χ1) is 8.71. The van der Waals surface area contributed by atoms with Gasteiger partial charge < -0.3 is 10.0 Å². The zero-order chi connectivity index (χ0) is 14.4. The van der Waals surface area contributed by atoms with Gasteiger partial charge in [0.2, 0.25) is 0 Å². The van der Waals surface area contributed by atoms with Crippen LogP contribution in [-0.2, 0) is 17.4 Å². The highest BCUT2D eigenvalue weighted by atomic mass is 19.4. The van der Waals surface area contributed by atoms with Crippen molar-refractivity contribution < 1.29 is 23.1 Å². The maximum Gasteiger partial charge on any atom is 0.416 e. The Morgan fingerprint density at radius 3 is 2.53 bits per heavy atom. The lowest BCUT2D eigenvalue weighted by Gasteiger charge is -2.28. The maximum absolute atomic E-state index is 12.6. The molecule has 3 nitrogen and oxygen atoms in total. The topological polar surface area (TPSA) is 40.5 Å². The van der Waals surface area contributed by atoms with Crippen LogP contribution in [0.2, 0.25) is 0 Å². The molecule has 0 fully saturated rings. The molecule has 1 aromatic rings. The monoisotopic (exact) mass is 273 g/mol. The third kappa shape index (κ3) is 2.39. The van der Waals surface area contributed by atoms with Gasteiger partial charge in [0.25, 0.3) is 0 Å². The fourth-order valence-electron chi connectivity index (χ4n) is 2.50. The highest BCUT2D eigenvalue weighted by Crippen LogP contribution is 2.38. The van der Waals surface area contributed by atoms with E-state index in [9.17, 15) is 18.0 Å². The fourth-order valence-corrected chi connectivity index (χ4v) is 2.50. The number of benzene rings is 1. The molecule has 1 aromatic carbocycles. The van der Waals surface area contributed by atoms with Crippen LogP contribution in [0.1, 0.15) is 25.0 Å². The summed E-state index contributed by atoms with van der Waals surface area (Å²) in [4.78, 5) is 12.9. The van der Waals surface area contributed by atoms with Gasteiger partial charge >= 0.3 is 12.1 Å². The SMILES string of the molecule is CC(C)N1c2ccc(C(F)(F)F)cc2CC1C(=O)O. The summed E-state index contributed by atoms with van der Waals surface area (Å²) in [6.45, 7) is 3.64. The summed E-state index contributed by atoms with van der Waals surface area (Å²) in [5, 5.41) is 9.17. The van der Waals surface area contributed by atoms with Crippen LogP contribution in [0.15, 0.2) is 18.2 Å². The van der Waals surface area contributed by atoms with E-state index in [2.05, 4.69) is 0 Å². The van der Waals surface area contributed by atoms with Crippen LogP contribution in [0.5, 0.6) is 0 Å². The van der Waals surface area contributed by atoms with E-state index in [-0.39, 0.29) is 12.5 Å². The van der Waals surface area contributed by atoms with Gasteiger partial charge in [0.15, 0.2) is 0 Å². The minimum absolute atomic E-state index is 0.0842. The molecule has 104 valence electrons. The Labute approximate surface area is 108 Å². The van der Waals surface area contributed by atoms with Crippen LogP contribution in [0.4, 0.5) is 18.9 Å². The van der Waals surface area contributed by atoms with Crippen LogP contribution in [0.25, 0.3) is 0 Å². The van der Waals surface area contributed by atoms with Gasteiger partial charge in [-0.3, -0.25) is 0 Å². The quantitative estimate of drug-likeness (QED) is 0.900. The molecule has 2 rings (SSSR count). The number of carbonyl (C=O) groups is 1. The molecule has 1 N–H and O–H groups in total. The van der Waals surface area contributed by atoms with Crippen molar-refractivity contribution in [2.24, 2.45) is 0 Å². The van der Waals surface area contributed by atoms with E-state index in [1.54, 1.807) is 4.90 Å². The summed E-state index contributed by atoms with van der Waals surface area (Å²) in [6.07, 6.45) is -4.30. The largest absolute Gasteiger partial charge is 0.480 e. The van der Waals surface area contributed by atoms with Crippen LogP contribution in [0.3, 0.4) is 0 Å². The molecule has 1 atom stereocenters. The summed E-state index contributed by atoms with van der Waals surface area (Å²) in [5.74, 6) is -1.02. The first kappa shape index (κ1) is 13.7. The molecule has 1 aliphatic heterocycles. The third-order valence-electron chi connectivity index (χ3n) is 3.28. The molecule has 1 unspecified atom stereocenters. The number of hydrogen-bond acceptors (Lipinski definition) is 2. The second-order valence-electron chi connectivity index (χ2n) is 4.90. The first-order valence-corrected chi connectivity index (χ1v) is 5.93. The Morgan fingerprint density at radius 1 is 1.42 bits per heavy atom. The molecule has 0 bridgehead atoms. The highest BCUT2D eigenvalue weighted by molar-refractivity contribution is 5.82. The molecule has 0 aliphatic carbocycles. The van der Waals surface area contributed by atoms with E-state index in [1.807, 2.05) is 13.8 Å². The summed E-state index contributed by atoms with van der Waals surface area (Å²) in [7, 11) is 0. The molecular formula is C13H14F3NO2. The third-order valence-corrected chi connectivity index (χ3v) is 3.28. The zero-order valence-corrected chi connectivity index (χ0v) is 10.5. The van der Waals surface area contributed by atoms with E-state index < -0.39 is 23.8 Å². The normalized spacial score (nSPS) is 18.8. The van der Waals surface area contributed by atoms with Crippen LogP contribution in [-0.4, -0.2) is 23.2 Å². The molecule has 0 aromatic heterocycles. The van der Waals surface area contributed by atoms with Crippen LogP contribution >= 0.6 is 0 Å². The van der Waals surface area contributed by atoms with Gasteiger partial charge in [-0.05, 0) is 37.6 Å². The molecule has 1 heterocycles. The number of hydrogen-bond donors (Lipinski definition) is 1. The molecule has 0 radical (unpaired) electrons. The van der Waals surface area contributed by atoms with Gasteiger partial charge in [-0.25, -0.2) is 4.79 Å². The average Bonchev–Trinajstić information content (AvgIpc) is 2.65. The molecule has 19 heavy (non-hydrogen) atoms. The molecule has 0 saturated heterocycles. The second kappa shape index (κ2) is 4.43. The summed E-state index contributed by atoms with van der Waals surface area (Å²) in [5.41, 5.74) is 0.285. The number of anilines is 1. The molecule has 0 spiro atoms. The van der Waals surface area contributed by atoms with Gasteiger partial charge in [0, 0.05) is 18.2 Å². The Kier molecular flexibility index (Phi) is 3.20. The van der Waals surface area contributed by atoms with Gasteiger partial charge in [-0.2, -0.15) is 13.2 Å². The number of fused-ring (bicyclic) bond motifs is 1. The van der Waals surface area contributed by atoms with Crippen LogP contribution in [0, 0.1) is 0 Å². The van der Waals surface area contributed by atoms with E-state index in [0.29, 0.717) is 11.3 Å². The molecule has 0 saturated carbocycles. The predicted octanol–water partition coefficient (Wildman–Crippen LogP) is 2.93. The van der Waals surface area contributed by atoms with Crippen molar-refractivity contribution in [2.75, 3.05) is 4.90 Å². The van der Waals surface area contributed by atoms with E-state index in [0.717, 1.165) is 12.1 Å². The smallest absolute Gasteiger partial charge is 0.416 e. The summed E-state index contributed by atoms with van der Waals surface area (Å²) >= 11 is 0. The average molecular weight is 273 g/mol. The lowest BCUT2D eigenvalue weighted by atomic mass is 10.1. The summed E-state index contributed by atoms with van der Waals surface area (Å²) < 4.78 is 37.9.